The van der Waals surface area contributed by atoms with Gasteiger partial charge >= 0.3 is 12.0 Å². The van der Waals surface area contributed by atoms with Gasteiger partial charge in [0, 0.05) is 19.6 Å². The number of carbonyl (C=O) groups excluding carboxylic acids is 1. The summed E-state index contributed by atoms with van der Waals surface area (Å²) in [5.74, 6) is -1.12. The van der Waals surface area contributed by atoms with Gasteiger partial charge in [0.25, 0.3) is 0 Å². The van der Waals surface area contributed by atoms with Crippen molar-refractivity contribution in [2.75, 3.05) is 25.4 Å². The summed E-state index contributed by atoms with van der Waals surface area (Å²) in [5, 5.41) is 11.3. The van der Waals surface area contributed by atoms with E-state index in [1.54, 1.807) is 0 Å². The van der Waals surface area contributed by atoms with Crippen LogP contribution in [0.1, 0.15) is 5.56 Å². The molecule has 0 spiro atoms. The highest BCUT2D eigenvalue weighted by atomic mass is 32.2. The van der Waals surface area contributed by atoms with Crippen molar-refractivity contribution in [1.82, 2.24) is 10.2 Å². The van der Waals surface area contributed by atoms with Crippen LogP contribution in [-0.4, -0.2) is 55.8 Å². The normalized spacial score (nSPS) is 15.0. The summed E-state index contributed by atoms with van der Waals surface area (Å²) in [4.78, 5) is 23.5. The summed E-state index contributed by atoms with van der Waals surface area (Å²) < 4.78 is 24.3. The largest absolute Gasteiger partial charge is 0.481 e. The summed E-state index contributed by atoms with van der Waals surface area (Å²) in [6.07, 6.45) is -0.145. The summed E-state index contributed by atoms with van der Waals surface area (Å²) in [6, 6.07) is 5.53. The quantitative estimate of drug-likeness (QED) is 0.776. The van der Waals surface area contributed by atoms with E-state index >= 15 is 0 Å². The van der Waals surface area contributed by atoms with Crippen LogP contribution >= 0.6 is 0 Å². The number of carboxylic acid groups (broad SMARTS) is 1. The SMILES string of the molecule is O=C(O)Cc1ccc(S(=O)(=O)CCN2CCNC2=O)cc1. The Morgan fingerprint density at radius 3 is 2.48 bits per heavy atom. The number of urea groups is 1. The fourth-order valence-electron chi connectivity index (χ4n) is 2.06. The maximum atomic E-state index is 12.2. The molecular formula is C13H16N2O5S. The first-order valence-corrected chi connectivity index (χ1v) is 8.10. The number of rotatable bonds is 6. The molecule has 1 saturated heterocycles. The van der Waals surface area contributed by atoms with Crippen molar-refractivity contribution >= 4 is 21.8 Å². The van der Waals surface area contributed by atoms with E-state index in [9.17, 15) is 18.0 Å². The van der Waals surface area contributed by atoms with Crippen molar-refractivity contribution in [3.8, 4) is 0 Å². The van der Waals surface area contributed by atoms with Crippen molar-refractivity contribution in [1.29, 1.82) is 0 Å². The Kier molecular flexibility index (Phi) is 4.46. The molecular weight excluding hydrogens is 296 g/mol. The molecule has 1 heterocycles. The molecule has 114 valence electrons. The molecule has 0 unspecified atom stereocenters. The number of carbonyl (C=O) groups is 2. The zero-order chi connectivity index (χ0) is 15.5. The Morgan fingerprint density at radius 1 is 1.29 bits per heavy atom. The Bertz CT molecular complexity index is 639. The highest BCUT2D eigenvalue weighted by Gasteiger charge is 2.22. The third-order valence-electron chi connectivity index (χ3n) is 3.21. The predicted octanol–water partition coefficient (Wildman–Crippen LogP) is 0.113. The number of carboxylic acids is 1. The van der Waals surface area contributed by atoms with E-state index in [0.29, 0.717) is 18.7 Å². The van der Waals surface area contributed by atoms with Gasteiger partial charge in [-0.05, 0) is 17.7 Å². The van der Waals surface area contributed by atoms with Crippen molar-refractivity contribution in [3.05, 3.63) is 29.8 Å². The molecule has 2 amide bonds. The van der Waals surface area contributed by atoms with Crippen LogP contribution in [0.4, 0.5) is 4.79 Å². The van der Waals surface area contributed by atoms with Crippen LogP contribution in [0.3, 0.4) is 0 Å². The minimum Gasteiger partial charge on any atom is -0.481 e. The zero-order valence-corrected chi connectivity index (χ0v) is 12.1. The molecule has 0 radical (unpaired) electrons. The lowest BCUT2D eigenvalue weighted by Crippen LogP contribution is -2.32. The molecule has 0 aromatic heterocycles. The lowest BCUT2D eigenvalue weighted by molar-refractivity contribution is -0.136. The topological polar surface area (TPSA) is 104 Å². The minimum absolute atomic E-state index is 0.135. The van der Waals surface area contributed by atoms with Crippen LogP contribution in [-0.2, 0) is 21.1 Å². The van der Waals surface area contributed by atoms with Gasteiger partial charge < -0.3 is 15.3 Å². The van der Waals surface area contributed by atoms with Gasteiger partial charge in [-0.3, -0.25) is 4.79 Å². The average molecular weight is 312 g/mol. The van der Waals surface area contributed by atoms with Crippen molar-refractivity contribution < 1.29 is 23.1 Å². The van der Waals surface area contributed by atoms with Crippen LogP contribution in [0, 0.1) is 0 Å². The molecule has 8 heteroatoms. The number of nitrogens with one attached hydrogen (secondary N) is 1. The van der Waals surface area contributed by atoms with Gasteiger partial charge in [-0.25, -0.2) is 13.2 Å². The van der Waals surface area contributed by atoms with E-state index in [4.69, 9.17) is 5.11 Å². The molecule has 2 N–H and O–H groups in total. The first kappa shape index (κ1) is 15.3. The maximum absolute atomic E-state index is 12.2. The summed E-state index contributed by atoms with van der Waals surface area (Å²) in [5.41, 5.74) is 0.542. The molecule has 0 aliphatic carbocycles. The van der Waals surface area contributed by atoms with E-state index in [1.807, 2.05) is 0 Å². The Labute approximate surface area is 122 Å². The Morgan fingerprint density at radius 2 is 1.95 bits per heavy atom. The number of sulfone groups is 1. The molecule has 1 aromatic carbocycles. The van der Waals surface area contributed by atoms with Crippen molar-refractivity contribution in [3.63, 3.8) is 0 Å². The Hall–Kier alpha value is -2.09. The van der Waals surface area contributed by atoms with Crippen molar-refractivity contribution in [2.24, 2.45) is 0 Å². The molecule has 7 nitrogen and oxygen atoms in total. The maximum Gasteiger partial charge on any atom is 0.317 e. The lowest BCUT2D eigenvalue weighted by Gasteiger charge is -2.14. The molecule has 1 aromatic rings. The molecule has 0 saturated carbocycles. The second-order valence-electron chi connectivity index (χ2n) is 4.75. The smallest absolute Gasteiger partial charge is 0.317 e. The summed E-state index contributed by atoms with van der Waals surface area (Å²) in [6.45, 7) is 1.18. The van der Waals surface area contributed by atoms with Crippen LogP contribution in [0.5, 0.6) is 0 Å². The third kappa shape index (κ3) is 3.94. The summed E-state index contributed by atoms with van der Waals surface area (Å²) >= 11 is 0. The summed E-state index contributed by atoms with van der Waals surface area (Å²) in [7, 11) is -3.49. The van der Waals surface area contributed by atoms with E-state index in [1.165, 1.54) is 29.2 Å². The van der Waals surface area contributed by atoms with Crippen LogP contribution in [0.25, 0.3) is 0 Å². The van der Waals surface area contributed by atoms with Crippen molar-refractivity contribution in [2.45, 2.75) is 11.3 Å². The first-order valence-electron chi connectivity index (χ1n) is 6.45. The second kappa shape index (κ2) is 6.13. The van der Waals surface area contributed by atoms with Gasteiger partial charge in [-0.1, -0.05) is 12.1 Å². The van der Waals surface area contributed by atoms with Crippen LogP contribution in [0.15, 0.2) is 29.2 Å². The molecule has 0 atom stereocenters. The first-order chi connectivity index (χ1) is 9.88. The van der Waals surface area contributed by atoms with Gasteiger partial charge in [-0.15, -0.1) is 0 Å². The lowest BCUT2D eigenvalue weighted by atomic mass is 10.2. The van der Waals surface area contributed by atoms with E-state index in [2.05, 4.69) is 5.32 Å². The zero-order valence-electron chi connectivity index (χ0n) is 11.3. The van der Waals surface area contributed by atoms with Gasteiger partial charge in [0.2, 0.25) is 0 Å². The average Bonchev–Trinajstić information content (AvgIpc) is 2.82. The van der Waals surface area contributed by atoms with Gasteiger partial charge in [0.1, 0.15) is 0 Å². The van der Waals surface area contributed by atoms with E-state index in [-0.39, 0.29) is 29.6 Å². The number of hydrogen-bond acceptors (Lipinski definition) is 4. The highest BCUT2D eigenvalue weighted by Crippen LogP contribution is 2.13. The van der Waals surface area contributed by atoms with Gasteiger partial charge in [0.15, 0.2) is 9.84 Å². The highest BCUT2D eigenvalue weighted by molar-refractivity contribution is 7.91. The second-order valence-corrected chi connectivity index (χ2v) is 6.86. The minimum atomic E-state index is -3.49. The molecule has 1 aliphatic heterocycles. The molecule has 2 rings (SSSR count). The standard InChI is InChI=1S/C13H16N2O5S/c16-12(17)9-10-1-3-11(4-2-10)21(19,20)8-7-15-6-5-14-13(15)18/h1-4H,5-9H2,(H,14,18)(H,16,17). The fourth-order valence-corrected chi connectivity index (χ4v) is 3.31. The molecule has 21 heavy (non-hydrogen) atoms. The fraction of sp³-hybridized carbons (Fsp3) is 0.385. The van der Waals surface area contributed by atoms with Gasteiger partial charge in [0.05, 0.1) is 17.1 Å². The number of aliphatic carboxylic acids is 1. The van der Waals surface area contributed by atoms with E-state index < -0.39 is 15.8 Å². The van der Waals surface area contributed by atoms with Gasteiger partial charge in [-0.2, -0.15) is 0 Å². The van der Waals surface area contributed by atoms with E-state index in [0.717, 1.165) is 0 Å². The monoisotopic (exact) mass is 312 g/mol. The molecule has 0 bridgehead atoms. The molecule has 1 aliphatic rings. The number of amides is 2. The number of hydrogen-bond donors (Lipinski definition) is 2. The van der Waals surface area contributed by atoms with Crippen LogP contribution < -0.4 is 5.32 Å². The third-order valence-corrected chi connectivity index (χ3v) is 4.92. The van der Waals surface area contributed by atoms with Crippen LogP contribution in [0.2, 0.25) is 0 Å². The molecule has 1 fully saturated rings. The Balaban J connectivity index is 2.01. The number of nitrogens with zero attached hydrogens (tertiary/aromatic N) is 1. The predicted molar refractivity (Wildman–Crippen MR) is 74.8 cm³/mol. The number of benzene rings is 1.